The van der Waals surface area contributed by atoms with E-state index in [1.54, 1.807) is 0 Å². The van der Waals surface area contributed by atoms with Gasteiger partial charge in [0.15, 0.2) is 0 Å². The Hall–Kier alpha value is -1.88. The van der Waals surface area contributed by atoms with E-state index < -0.39 is 0 Å². The quantitative estimate of drug-likeness (QED) is 0.748. The van der Waals surface area contributed by atoms with E-state index in [1.807, 2.05) is 55.6 Å². The lowest BCUT2D eigenvalue weighted by Gasteiger charge is -2.32. The highest BCUT2D eigenvalue weighted by Crippen LogP contribution is 2.21. The number of carbonyl (C=O) groups excluding carboxylic acids is 1. The van der Waals surface area contributed by atoms with Crippen LogP contribution in [0, 0.1) is 5.92 Å². The summed E-state index contributed by atoms with van der Waals surface area (Å²) in [6.45, 7) is 4.33. The third-order valence-corrected chi connectivity index (χ3v) is 5.14. The summed E-state index contributed by atoms with van der Waals surface area (Å²) in [5.41, 5.74) is 2.75. The number of amides is 1. The molecule has 0 aliphatic carbocycles. The Morgan fingerprint density at radius 3 is 2.52 bits per heavy atom. The van der Waals surface area contributed by atoms with Gasteiger partial charge in [-0.15, -0.1) is 12.4 Å². The highest BCUT2D eigenvalue weighted by molar-refractivity contribution is 6.04. The molecule has 1 aliphatic heterocycles. The van der Waals surface area contributed by atoms with Crippen LogP contribution in [0.2, 0.25) is 0 Å². The number of carbonyl (C=O) groups is 1. The predicted octanol–water partition coefficient (Wildman–Crippen LogP) is 4.18. The number of hydrogen-bond donors (Lipinski definition) is 2. The van der Waals surface area contributed by atoms with Crippen LogP contribution in [0.1, 0.15) is 35.2 Å². The van der Waals surface area contributed by atoms with E-state index >= 15 is 0 Å². The van der Waals surface area contributed by atoms with Crippen molar-refractivity contribution in [2.75, 3.05) is 32.0 Å². The van der Waals surface area contributed by atoms with Crippen LogP contribution in [0.3, 0.4) is 0 Å². The molecular weight excluding hydrogens is 358 g/mol. The zero-order valence-electron chi connectivity index (χ0n) is 16.0. The summed E-state index contributed by atoms with van der Waals surface area (Å²) >= 11 is 0. The molecule has 0 unspecified atom stereocenters. The second kappa shape index (κ2) is 11.1. The molecule has 3 rings (SSSR count). The van der Waals surface area contributed by atoms with Gasteiger partial charge in [0.1, 0.15) is 0 Å². The number of nitrogens with one attached hydrogen (secondary N) is 2. The molecule has 1 aliphatic rings. The van der Waals surface area contributed by atoms with E-state index in [9.17, 15) is 4.79 Å². The smallest absolute Gasteiger partial charge is 0.255 e. The Kier molecular flexibility index (Phi) is 8.79. The normalized spacial score (nSPS) is 15.1. The number of likely N-dealkylation sites (tertiary alicyclic amines) is 1. The minimum Gasteiger partial charge on any atom is -0.322 e. The highest BCUT2D eigenvalue weighted by Gasteiger charge is 2.19. The van der Waals surface area contributed by atoms with Crippen LogP contribution in [0.25, 0.3) is 0 Å². The SMILES string of the molecule is CNCCC1CCN(Cc2cccc(C(=O)Nc3ccccc3)c2)CC1.Cl. The molecule has 0 atom stereocenters. The summed E-state index contributed by atoms with van der Waals surface area (Å²) < 4.78 is 0. The largest absolute Gasteiger partial charge is 0.322 e. The fourth-order valence-electron chi connectivity index (χ4n) is 3.58. The van der Waals surface area contributed by atoms with Crippen molar-refractivity contribution in [2.45, 2.75) is 25.8 Å². The van der Waals surface area contributed by atoms with Crippen molar-refractivity contribution in [1.29, 1.82) is 0 Å². The second-order valence-electron chi connectivity index (χ2n) is 7.13. The van der Waals surface area contributed by atoms with Gasteiger partial charge in [0.05, 0.1) is 0 Å². The fraction of sp³-hybridized carbons (Fsp3) is 0.409. The lowest BCUT2D eigenvalue weighted by Crippen LogP contribution is -2.34. The second-order valence-corrected chi connectivity index (χ2v) is 7.13. The number of benzene rings is 2. The number of nitrogens with zero attached hydrogens (tertiary/aromatic N) is 1. The number of piperidine rings is 1. The van der Waals surface area contributed by atoms with E-state index in [1.165, 1.54) is 24.8 Å². The van der Waals surface area contributed by atoms with Gasteiger partial charge in [-0.2, -0.15) is 0 Å². The molecule has 27 heavy (non-hydrogen) atoms. The topological polar surface area (TPSA) is 44.4 Å². The van der Waals surface area contributed by atoms with Gasteiger partial charge in [-0.25, -0.2) is 0 Å². The maximum Gasteiger partial charge on any atom is 0.255 e. The lowest BCUT2D eigenvalue weighted by atomic mass is 9.93. The molecule has 1 amide bonds. The summed E-state index contributed by atoms with van der Waals surface area (Å²) in [7, 11) is 2.02. The minimum atomic E-state index is -0.0520. The molecule has 146 valence electrons. The molecule has 0 bridgehead atoms. The molecule has 1 fully saturated rings. The molecule has 0 aromatic heterocycles. The molecule has 1 saturated heterocycles. The van der Waals surface area contributed by atoms with E-state index in [0.717, 1.165) is 43.3 Å². The molecule has 0 saturated carbocycles. The average Bonchev–Trinajstić information content (AvgIpc) is 2.68. The molecule has 5 heteroatoms. The molecule has 0 spiro atoms. The first-order valence-corrected chi connectivity index (χ1v) is 9.57. The number of para-hydroxylation sites is 1. The predicted molar refractivity (Wildman–Crippen MR) is 115 cm³/mol. The first-order valence-electron chi connectivity index (χ1n) is 9.57. The van der Waals surface area contributed by atoms with Gasteiger partial charge in [0.25, 0.3) is 5.91 Å². The maximum absolute atomic E-state index is 12.5. The molecule has 2 N–H and O–H groups in total. The van der Waals surface area contributed by atoms with Gasteiger partial charge in [-0.05, 0) is 81.7 Å². The van der Waals surface area contributed by atoms with Crippen LogP contribution < -0.4 is 10.6 Å². The van der Waals surface area contributed by atoms with Gasteiger partial charge in [-0.1, -0.05) is 30.3 Å². The van der Waals surface area contributed by atoms with Crippen molar-refractivity contribution in [3.8, 4) is 0 Å². The first-order chi connectivity index (χ1) is 12.7. The molecule has 2 aromatic rings. The van der Waals surface area contributed by atoms with E-state index in [-0.39, 0.29) is 18.3 Å². The van der Waals surface area contributed by atoms with Crippen molar-refractivity contribution < 1.29 is 4.79 Å². The summed E-state index contributed by atoms with van der Waals surface area (Å²) in [6.07, 6.45) is 3.82. The van der Waals surface area contributed by atoms with Gasteiger partial charge in [-0.3, -0.25) is 9.69 Å². The fourth-order valence-corrected chi connectivity index (χ4v) is 3.58. The Bertz CT molecular complexity index is 700. The lowest BCUT2D eigenvalue weighted by molar-refractivity contribution is 0.102. The average molecular weight is 388 g/mol. The van der Waals surface area contributed by atoms with Crippen molar-refractivity contribution in [3.63, 3.8) is 0 Å². The van der Waals surface area contributed by atoms with Crippen LogP contribution in [0.4, 0.5) is 5.69 Å². The number of rotatable bonds is 7. The van der Waals surface area contributed by atoms with Crippen molar-refractivity contribution in [1.82, 2.24) is 10.2 Å². The molecular formula is C22H30ClN3O. The Morgan fingerprint density at radius 1 is 1.07 bits per heavy atom. The molecule has 1 heterocycles. The van der Waals surface area contributed by atoms with Crippen LogP contribution in [0.5, 0.6) is 0 Å². The van der Waals surface area contributed by atoms with Crippen molar-refractivity contribution in [3.05, 3.63) is 65.7 Å². The third-order valence-electron chi connectivity index (χ3n) is 5.14. The molecule has 2 aromatic carbocycles. The monoisotopic (exact) mass is 387 g/mol. The van der Waals surface area contributed by atoms with Gasteiger partial charge in [0, 0.05) is 17.8 Å². The molecule has 0 radical (unpaired) electrons. The van der Waals surface area contributed by atoms with Crippen LogP contribution in [-0.2, 0) is 6.54 Å². The van der Waals surface area contributed by atoms with Crippen molar-refractivity contribution >= 4 is 24.0 Å². The first kappa shape index (κ1) is 21.4. The number of anilines is 1. The van der Waals surface area contributed by atoms with E-state index in [0.29, 0.717) is 0 Å². The summed E-state index contributed by atoms with van der Waals surface area (Å²) in [4.78, 5) is 15.0. The standard InChI is InChI=1S/C22H29N3O.ClH/c1-23-13-10-18-11-14-25(15-12-18)17-19-6-5-7-20(16-19)22(26)24-21-8-3-2-4-9-21;/h2-9,16,18,23H,10-15,17H2,1H3,(H,24,26);1H. The Balaban J connectivity index is 0.00000261. The Labute approximate surface area is 168 Å². The summed E-state index contributed by atoms with van der Waals surface area (Å²) in [5.74, 6) is 0.797. The number of hydrogen-bond acceptors (Lipinski definition) is 3. The zero-order valence-corrected chi connectivity index (χ0v) is 16.8. The van der Waals surface area contributed by atoms with Gasteiger partial charge >= 0.3 is 0 Å². The highest BCUT2D eigenvalue weighted by atomic mass is 35.5. The third kappa shape index (κ3) is 6.65. The van der Waals surface area contributed by atoms with Gasteiger partial charge in [0.2, 0.25) is 0 Å². The van der Waals surface area contributed by atoms with E-state index in [2.05, 4.69) is 21.6 Å². The maximum atomic E-state index is 12.5. The van der Waals surface area contributed by atoms with Crippen molar-refractivity contribution in [2.24, 2.45) is 5.92 Å². The van der Waals surface area contributed by atoms with Crippen LogP contribution in [0.15, 0.2) is 54.6 Å². The molecule has 4 nitrogen and oxygen atoms in total. The minimum absolute atomic E-state index is 0. The Morgan fingerprint density at radius 2 is 1.81 bits per heavy atom. The van der Waals surface area contributed by atoms with E-state index in [4.69, 9.17) is 0 Å². The summed E-state index contributed by atoms with van der Waals surface area (Å²) in [5, 5.41) is 6.20. The van der Waals surface area contributed by atoms with Gasteiger partial charge < -0.3 is 10.6 Å². The van der Waals surface area contributed by atoms with Crippen LogP contribution >= 0.6 is 12.4 Å². The van der Waals surface area contributed by atoms with Crippen LogP contribution in [-0.4, -0.2) is 37.5 Å². The number of halogens is 1. The zero-order chi connectivity index (χ0) is 18.2. The summed E-state index contributed by atoms with van der Waals surface area (Å²) in [6, 6.07) is 17.6.